The maximum atomic E-state index is 12.3. The molecule has 0 aromatic carbocycles. The summed E-state index contributed by atoms with van der Waals surface area (Å²) < 4.78 is 26.4. The van der Waals surface area contributed by atoms with Gasteiger partial charge in [-0.1, -0.05) is 0 Å². The topological polar surface area (TPSA) is 52.7 Å². The number of unbranched alkanes of at least 4 members (excludes halogenated alkanes) is 1. The number of nitrogens with one attached hydrogen (secondary N) is 1. The van der Waals surface area contributed by atoms with Crippen LogP contribution in [0.5, 0.6) is 0 Å². The monoisotopic (exact) mass is 317 g/mol. The van der Waals surface area contributed by atoms with E-state index in [1.54, 1.807) is 4.31 Å². The summed E-state index contributed by atoms with van der Waals surface area (Å²) >= 11 is 0. The lowest BCUT2D eigenvalue weighted by molar-refractivity contribution is 0.225. The summed E-state index contributed by atoms with van der Waals surface area (Å²) in [5, 5.41) is 3.43. The van der Waals surface area contributed by atoms with E-state index in [9.17, 15) is 8.42 Å². The minimum absolute atomic E-state index is 0.317. The van der Waals surface area contributed by atoms with Crippen LogP contribution in [0.4, 0.5) is 0 Å². The number of sulfonamides is 1. The fourth-order valence-corrected chi connectivity index (χ4v) is 4.61. The minimum atomic E-state index is -3.03. The zero-order valence-electron chi connectivity index (χ0n) is 13.6. The Labute approximate surface area is 130 Å². The molecule has 1 heterocycles. The van der Waals surface area contributed by atoms with Crippen molar-refractivity contribution in [2.45, 2.75) is 44.6 Å². The first kappa shape index (κ1) is 17.2. The van der Waals surface area contributed by atoms with Gasteiger partial charge in [-0.2, -0.15) is 0 Å². The molecular weight excluding hydrogens is 286 g/mol. The fraction of sp³-hybridized carbons (Fsp3) is 1.00. The fourth-order valence-electron chi connectivity index (χ4n) is 3.02. The molecule has 0 aromatic rings. The van der Waals surface area contributed by atoms with E-state index in [0.29, 0.717) is 24.8 Å². The van der Waals surface area contributed by atoms with Crippen molar-refractivity contribution in [3.8, 4) is 0 Å². The molecule has 0 amide bonds. The van der Waals surface area contributed by atoms with Gasteiger partial charge in [-0.3, -0.25) is 0 Å². The number of hydrogen-bond acceptors (Lipinski definition) is 4. The second-order valence-corrected chi connectivity index (χ2v) is 8.94. The van der Waals surface area contributed by atoms with Gasteiger partial charge in [0.2, 0.25) is 10.0 Å². The van der Waals surface area contributed by atoms with Crippen LogP contribution in [-0.4, -0.2) is 69.7 Å². The zero-order valence-corrected chi connectivity index (χ0v) is 14.4. The Morgan fingerprint density at radius 1 is 1.10 bits per heavy atom. The highest BCUT2D eigenvalue weighted by Crippen LogP contribution is 2.21. The van der Waals surface area contributed by atoms with Gasteiger partial charge >= 0.3 is 0 Å². The Balaban J connectivity index is 1.63. The van der Waals surface area contributed by atoms with Gasteiger partial charge in [-0.25, -0.2) is 12.7 Å². The summed E-state index contributed by atoms with van der Waals surface area (Å²) in [6, 6.07) is 0.720. The van der Waals surface area contributed by atoms with E-state index >= 15 is 0 Å². The molecule has 1 aliphatic carbocycles. The Hall–Kier alpha value is -0.170. The Morgan fingerprint density at radius 3 is 2.33 bits per heavy atom. The molecule has 2 rings (SSSR count). The summed E-state index contributed by atoms with van der Waals surface area (Å²) in [7, 11) is 1.14. The molecule has 124 valence electrons. The number of nitrogens with zero attached hydrogens (tertiary/aromatic N) is 2. The molecule has 0 spiro atoms. The summed E-state index contributed by atoms with van der Waals surface area (Å²) in [5.74, 6) is 0.965. The molecular formula is C15H31N3O2S. The molecule has 1 N–H and O–H groups in total. The molecule has 0 unspecified atom stereocenters. The number of hydrogen-bond donors (Lipinski definition) is 1. The van der Waals surface area contributed by atoms with Crippen molar-refractivity contribution in [2.75, 3.05) is 46.0 Å². The SMILES string of the molecule is CN(C)CC1CCN(S(=O)(=O)CCCCNC2CC2)CC1. The second kappa shape index (κ2) is 7.90. The van der Waals surface area contributed by atoms with Gasteiger partial charge < -0.3 is 10.2 Å². The number of piperidine rings is 1. The van der Waals surface area contributed by atoms with Crippen LogP contribution in [0, 0.1) is 5.92 Å². The Kier molecular flexibility index (Phi) is 6.47. The van der Waals surface area contributed by atoms with Crippen molar-refractivity contribution < 1.29 is 8.42 Å². The van der Waals surface area contributed by atoms with Gasteiger partial charge in [0.25, 0.3) is 0 Å². The van der Waals surface area contributed by atoms with Gasteiger partial charge in [0.1, 0.15) is 0 Å². The van der Waals surface area contributed by atoms with Crippen LogP contribution in [0.3, 0.4) is 0 Å². The van der Waals surface area contributed by atoms with Crippen molar-refractivity contribution >= 4 is 10.0 Å². The van der Waals surface area contributed by atoms with Crippen molar-refractivity contribution in [1.82, 2.24) is 14.5 Å². The van der Waals surface area contributed by atoms with E-state index in [0.717, 1.165) is 44.8 Å². The molecule has 1 saturated carbocycles. The van der Waals surface area contributed by atoms with Crippen LogP contribution >= 0.6 is 0 Å². The molecule has 0 radical (unpaired) electrons. The van der Waals surface area contributed by atoms with Crippen LogP contribution in [0.1, 0.15) is 38.5 Å². The lowest BCUT2D eigenvalue weighted by Crippen LogP contribution is -2.41. The second-order valence-electron chi connectivity index (χ2n) is 6.86. The third-order valence-corrected chi connectivity index (χ3v) is 6.39. The maximum Gasteiger partial charge on any atom is 0.214 e. The minimum Gasteiger partial charge on any atom is -0.314 e. The van der Waals surface area contributed by atoms with Crippen molar-refractivity contribution in [1.29, 1.82) is 0 Å². The largest absolute Gasteiger partial charge is 0.314 e. The Bertz CT molecular complexity index is 399. The molecule has 1 aliphatic heterocycles. The third kappa shape index (κ3) is 6.22. The van der Waals surface area contributed by atoms with Crippen LogP contribution in [-0.2, 0) is 10.0 Å². The molecule has 6 heteroatoms. The first-order valence-electron chi connectivity index (χ1n) is 8.33. The van der Waals surface area contributed by atoms with Crippen molar-refractivity contribution in [3.63, 3.8) is 0 Å². The van der Waals surface area contributed by atoms with E-state index in [4.69, 9.17) is 0 Å². The molecule has 0 bridgehead atoms. The van der Waals surface area contributed by atoms with E-state index < -0.39 is 10.0 Å². The highest BCUT2D eigenvalue weighted by atomic mass is 32.2. The molecule has 2 aliphatic rings. The van der Waals surface area contributed by atoms with Crippen LogP contribution < -0.4 is 5.32 Å². The van der Waals surface area contributed by atoms with Gasteiger partial charge in [0.05, 0.1) is 5.75 Å². The van der Waals surface area contributed by atoms with Crippen molar-refractivity contribution in [2.24, 2.45) is 5.92 Å². The van der Waals surface area contributed by atoms with E-state index in [1.807, 2.05) is 0 Å². The van der Waals surface area contributed by atoms with E-state index in [2.05, 4.69) is 24.3 Å². The number of rotatable bonds is 9. The quantitative estimate of drug-likeness (QED) is 0.648. The standard InChI is InChI=1S/C15H31N3O2S/c1-17(2)13-14-7-10-18(11-8-14)21(19,20)12-4-3-9-16-15-5-6-15/h14-16H,3-13H2,1-2H3. The summed E-state index contributed by atoms with van der Waals surface area (Å²) in [6.07, 6.45) is 6.33. The average Bonchev–Trinajstić information content (AvgIpc) is 3.22. The highest BCUT2D eigenvalue weighted by Gasteiger charge is 2.27. The Morgan fingerprint density at radius 2 is 1.76 bits per heavy atom. The van der Waals surface area contributed by atoms with Gasteiger partial charge in [-0.05, 0) is 65.1 Å². The first-order chi connectivity index (χ1) is 9.97. The predicted octanol–water partition coefficient (Wildman–Crippen LogP) is 1.12. The molecule has 21 heavy (non-hydrogen) atoms. The lowest BCUT2D eigenvalue weighted by Gasteiger charge is -2.32. The summed E-state index contributed by atoms with van der Waals surface area (Å²) in [6.45, 7) is 3.45. The van der Waals surface area contributed by atoms with Gasteiger partial charge in [0, 0.05) is 25.7 Å². The maximum absolute atomic E-state index is 12.3. The third-order valence-electron chi connectivity index (χ3n) is 4.43. The molecule has 5 nitrogen and oxygen atoms in total. The molecule has 2 fully saturated rings. The highest BCUT2D eigenvalue weighted by molar-refractivity contribution is 7.89. The smallest absolute Gasteiger partial charge is 0.214 e. The van der Waals surface area contributed by atoms with Crippen LogP contribution in [0.15, 0.2) is 0 Å². The van der Waals surface area contributed by atoms with E-state index in [-0.39, 0.29) is 0 Å². The predicted molar refractivity (Wildman–Crippen MR) is 86.9 cm³/mol. The molecule has 1 saturated heterocycles. The van der Waals surface area contributed by atoms with Crippen LogP contribution in [0.25, 0.3) is 0 Å². The van der Waals surface area contributed by atoms with Crippen molar-refractivity contribution in [3.05, 3.63) is 0 Å². The summed E-state index contributed by atoms with van der Waals surface area (Å²) in [5.41, 5.74) is 0. The molecule has 0 aromatic heterocycles. The summed E-state index contributed by atoms with van der Waals surface area (Å²) in [4.78, 5) is 2.20. The average molecular weight is 317 g/mol. The van der Waals surface area contributed by atoms with Crippen LogP contribution in [0.2, 0.25) is 0 Å². The normalized spacial score (nSPS) is 22.0. The van der Waals surface area contributed by atoms with Gasteiger partial charge in [-0.15, -0.1) is 0 Å². The van der Waals surface area contributed by atoms with E-state index in [1.165, 1.54) is 12.8 Å². The zero-order chi connectivity index (χ0) is 15.3. The lowest BCUT2D eigenvalue weighted by atomic mass is 9.98. The van der Waals surface area contributed by atoms with Gasteiger partial charge in [0.15, 0.2) is 0 Å². The first-order valence-corrected chi connectivity index (χ1v) is 9.94. The molecule has 0 atom stereocenters.